The maximum atomic E-state index is 11.6. The lowest BCUT2D eigenvalue weighted by Crippen LogP contribution is -1.97. The van der Waals surface area contributed by atoms with Crippen molar-refractivity contribution in [3.63, 3.8) is 0 Å². The van der Waals surface area contributed by atoms with E-state index >= 15 is 0 Å². The van der Waals surface area contributed by atoms with Crippen molar-refractivity contribution in [2.24, 2.45) is 0 Å². The summed E-state index contributed by atoms with van der Waals surface area (Å²) >= 11 is 4.25. The first-order chi connectivity index (χ1) is 8.74. The van der Waals surface area contributed by atoms with E-state index in [0.717, 1.165) is 21.4 Å². The second kappa shape index (κ2) is 4.35. The lowest BCUT2D eigenvalue weighted by Gasteiger charge is -2.05. The van der Waals surface area contributed by atoms with Crippen molar-refractivity contribution in [1.82, 2.24) is 0 Å². The molecule has 0 unspecified atom stereocenters. The van der Waals surface area contributed by atoms with Gasteiger partial charge in [-0.1, -0.05) is 30.3 Å². The highest BCUT2D eigenvalue weighted by atomic mass is 32.1. The molecule has 0 fully saturated rings. The molecule has 0 aliphatic heterocycles. The molecule has 0 radical (unpaired) electrons. The molecule has 0 atom stereocenters. The van der Waals surface area contributed by atoms with Crippen LogP contribution in [0, 0.1) is 0 Å². The summed E-state index contributed by atoms with van der Waals surface area (Å²) in [6, 6.07) is 16.9. The van der Waals surface area contributed by atoms with Gasteiger partial charge in [0.25, 0.3) is 0 Å². The summed E-state index contributed by atoms with van der Waals surface area (Å²) in [5.41, 5.74) is 2.10. The maximum Gasteiger partial charge on any atom is 0.336 e. The van der Waals surface area contributed by atoms with Gasteiger partial charge in [-0.2, -0.15) is 0 Å². The summed E-state index contributed by atoms with van der Waals surface area (Å²) in [7, 11) is 0. The fourth-order valence-electron chi connectivity index (χ4n) is 2.01. The Morgan fingerprint density at radius 2 is 1.72 bits per heavy atom. The van der Waals surface area contributed by atoms with Crippen molar-refractivity contribution in [1.29, 1.82) is 0 Å². The molecule has 2 aromatic carbocycles. The van der Waals surface area contributed by atoms with Gasteiger partial charge in [0.15, 0.2) is 0 Å². The minimum Gasteiger partial charge on any atom is -0.423 e. The Hall–Kier alpha value is -2.00. The van der Waals surface area contributed by atoms with Crippen molar-refractivity contribution >= 4 is 23.6 Å². The van der Waals surface area contributed by atoms with Crippen LogP contribution in [0.2, 0.25) is 0 Å². The molecular weight excluding hydrogens is 244 g/mol. The third kappa shape index (κ3) is 1.93. The van der Waals surface area contributed by atoms with Gasteiger partial charge < -0.3 is 4.42 Å². The maximum absolute atomic E-state index is 11.6. The van der Waals surface area contributed by atoms with Gasteiger partial charge in [0.05, 0.1) is 0 Å². The molecule has 1 heterocycles. The van der Waals surface area contributed by atoms with Crippen molar-refractivity contribution in [3.05, 3.63) is 65.0 Å². The molecule has 88 valence electrons. The number of benzene rings is 2. The van der Waals surface area contributed by atoms with Gasteiger partial charge in [0, 0.05) is 16.3 Å². The Labute approximate surface area is 109 Å². The van der Waals surface area contributed by atoms with Crippen molar-refractivity contribution < 1.29 is 4.42 Å². The highest BCUT2D eigenvalue weighted by Gasteiger charge is 2.07. The highest BCUT2D eigenvalue weighted by Crippen LogP contribution is 2.28. The molecule has 0 aliphatic rings. The fourth-order valence-corrected chi connectivity index (χ4v) is 2.20. The van der Waals surface area contributed by atoms with E-state index in [1.165, 1.54) is 6.07 Å². The van der Waals surface area contributed by atoms with Gasteiger partial charge in [0.2, 0.25) is 0 Å². The number of thiol groups is 1. The molecule has 3 aromatic rings. The highest BCUT2D eigenvalue weighted by molar-refractivity contribution is 7.80. The van der Waals surface area contributed by atoms with Gasteiger partial charge in [-0.25, -0.2) is 4.79 Å². The first-order valence-electron chi connectivity index (χ1n) is 5.56. The SMILES string of the molecule is O=c1cc(-c2ccccc2)c2ccc(S)cc2o1. The predicted molar refractivity (Wildman–Crippen MR) is 75.2 cm³/mol. The van der Waals surface area contributed by atoms with Crippen molar-refractivity contribution in [2.75, 3.05) is 0 Å². The predicted octanol–water partition coefficient (Wildman–Crippen LogP) is 3.75. The summed E-state index contributed by atoms with van der Waals surface area (Å²) in [4.78, 5) is 12.4. The van der Waals surface area contributed by atoms with Crippen LogP contribution in [0.3, 0.4) is 0 Å². The van der Waals surface area contributed by atoms with E-state index in [1.807, 2.05) is 42.5 Å². The molecule has 18 heavy (non-hydrogen) atoms. The van der Waals surface area contributed by atoms with Crippen LogP contribution in [0.25, 0.3) is 22.1 Å². The van der Waals surface area contributed by atoms with E-state index in [2.05, 4.69) is 12.6 Å². The normalized spacial score (nSPS) is 10.7. The number of hydrogen-bond donors (Lipinski definition) is 1. The minimum absolute atomic E-state index is 0.347. The Morgan fingerprint density at radius 1 is 0.944 bits per heavy atom. The van der Waals surface area contributed by atoms with Crippen molar-refractivity contribution in [3.8, 4) is 11.1 Å². The van der Waals surface area contributed by atoms with Gasteiger partial charge in [-0.15, -0.1) is 12.6 Å². The number of fused-ring (bicyclic) bond motifs is 1. The average Bonchev–Trinajstić information content (AvgIpc) is 2.38. The zero-order valence-corrected chi connectivity index (χ0v) is 10.4. The third-order valence-corrected chi connectivity index (χ3v) is 3.09. The summed E-state index contributed by atoms with van der Waals surface area (Å²) in [6.07, 6.45) is 0. The van der Waals surface area contributed by atoms with Crippen LogP contribution in [0.1, 0.15) is 0 Å². The van der Waals surface area contributed by atoms with E-state index in [-0.39, 0.29) is 5.63 Å². The van der Waals surface area contributed by atoms with Gasteiger partial charge in [0.1, 0.15) is 5.58 Å². The molecule has 0 spiro atoms. The second-order valence-electron chi connectivity index (χ2n) is 4.03. The van der Waals surface area contributed by atoms with Crippen LogP contribution in [0.4, 0.5) is 0 Å². The topological polar surface area (TPSA) is 30.2 Å². The summed E-state index contributed by atoms with van der Waals surface area (Å²) in [5, 5.41) is 0.915. The van der Waals surface area contributed by atoms with Gasteiger partial charge >= 0.3 is 5.63 Å². The standard InChI is InChI=1S/C15H10O2S/c16-15-9-13(10-4-2-1-3-5-10)12-7-6-11(18)8-14(12)17-15/h1-9,18H. The van der Waals surface area contributed by atoms with Gasteiger partial charge in [-0.05, 0) is 29.3 Å². The van der Waals surface area contributed by atoms with E-state index in [1.54, 1.807) is 6.07 Å². The molecule has 0 aliphatic carbocycles. The smallest absolute Gasteiger partial charge is 0.336 e. The van der Waals surface area contributed by atoms with Crippen LogP contribution in [-0.2, 0) is 0 Å². The lowest BCUT2D eigenvalue weighted by molar-refractivity contribution is 0.561. The van der Waals surface area contributed by atoms with E-state index in [0.29, 0.717) is 5.58 Å². The monoisotopic (exact) mass is 254 g/mol. The third-order valence-electron chi connectivity index (χ3n) is 2.81. The zero-order chi connectivity index (χ0) is 12.5. The average molecular weight is 254 g/mol. The molecular formula is C15H10O2S. The summed E-state index contributed by atoms with van der Waals surface area (Å²) < 4.78 is 5.20. The molecule has 2 nitrogen and oxygen atoms in total. The zero-order valence-electron chi connectivity index (χ0n) is 9.46. The molecule has 0 amide bonds. The Morgan fingerprint density at radius 3 is 2.50 bits per heavy atom. The molecule has 3 rings (SSSR count). The Balaban J connectivity index is 2.39. The quantitative estimate of drug-likeness (QED) is 0.529. The number of rotatable bonds is 1. The van der Waals surface area contributed by atoms with Crippen molar-refractivity contribution in [2.45, 2.75) is 4.90 Å². The van der Waals surface area contributed by atoms with Crippen LogP contribution in [0.5, 0.6) is 0 Å². The molecule has 0 saturated carbocycles. The largest absolute Gasteiger partial charge is 0.423 e. The minimum atomic E-state index is -0.347. The first kappa shape index (κ1) is 11.1. The number of hydrogen-bond acceptors (Lipinski definition) is 3. The van der Waals surface area contributed by atoms with Crippen LogP contribution < -0.4 is 5.63 Å². The fraction of sp³-hybridized carbons (Fsp3) is 0. The van der Waals surface area contributed by atoms with Crippen LogP contribution >= 0.6 is 12.6 Å². The van der Waals surface area contributed by atoms with Crippen LogP contribution in [-0.4, -0.2) is 0 Å². The summed E-state index contributed by atoms with van der Waals surface area (Å²) in [6.45, 7) is 0. The van der Waals surface area contributed by atoms with E-state index in [4.69, 9.17) is 4.42 Å². The Kier molecular flexibility index (Phi) is 2.68. The molecule has 3 heteroatoms. The van der Waals surface area contributed by atoms with E-state index in [9.17, 15) is 4.79 Å². The van der Waals surface area contributed by atoms with E-state index < -0.39 is 0 Å². The molecule has 0 N–H and O–H groups in total. The first-order valence-corrected chi connectivity index (χ1v) is 6.01. The van der Waals surface area contributed by atoms with Gasteiger partial charge in [-0.3, -0.25) is 0 Å². The summed E-state index contributed by atoms with van der Waals surface area (Å²) in [5.74, 6) is 0. The lowest BCUT2D eigenvalue weighted by atomic mass is 10.0. The van der Waals surface area contributed by atoms with Crippen LogP contribution in [0.15, 0.2) is 68.7 Å². The molecule has 1 aromatic heterocycles. The Bertz CT molecular complexity index is 760. The molecule has 0 bridgehead atoms. The second-order valence-corrected chi connectivity index (χ2v) is 4.54. The molecule has 0 saturated heterocycles.